The molecule has 0 aliphatic rings. The molecule has 5 heteroatoms. The minimum Gasteiger partial charge on any atom is -0.506 e. The van der Waals surface area contributed by atoms with Crippen molar-refractivity contribution in [1.82, 2.24) is 10.3 Å². The summed E-state index contributed by atoms with van der Waals surface area (Å²) in [5.41, 5.74) is 2.79. The summed E-state index contributed by atoms with van der Waals surface area (Å²) in [5, 5.41) is 15.2. The average molecular weight is 285 g/mol. The highest BCUT2D eigenvalue weighted by atomic mass is 16.3. The fourth-order valence-corrected chi connectivity index (χ4v) is 1.90. The summed E-state index contributed by atoms with van der Waals surface area (Å²) in [5.74, 6) is 0.194. The van der Waals surface area contributed by atoms with Crippen molar-refractivity contribution < 1.29 is 9.90 Å². The second-order valence-corrected chi connectivity index (χ2v) is 4.69. The number of carbonyl (C=O) groups is 1. The Morgan fingerprint density at radius 1 is 1.19 bits per heavy atom. The van der Waals surface area contributed by atoms with Crippen molar-refractivity contribution in [3.05, 3.63) is 53.9 Å². The Balaban J connectivity index is 1.87. The van der Waals surface area contributed by atoms with E-state index in [-0.39, 0.29) is 11.7 Å². The van der Waals surface area contributed by atoms with Crippen LogP contribution in [0.1, 0.15) is 18.2 Å². The van der Waals surface area contributed by atoms with Crippen LogP contribution in [0.5, 0.6) is 5.75 Å². The van der Waals surface area contributed by atoms with Crippen molar-refractivity contribution in [2.75, 3.05) is 11.9 Å². The van der Waals surface area contributed by atoms with Crippen LogP contribution in [0.15, 0.2) is 42.6 Å². The number of nitrogens with zero attached hydrogens (tertiary/aromatic N) is 1. The molecule has 1 amide bonds. The number of nitrogens with one attached hydrogen (secondary N) is 2. The minimum absolute atomic E-state index is 0.0338. The van der Waals surface area contributed by atoms with Crippen LogP contribution in [0.25, 0.3) is 0 Å². The number of hydrogen-bond donors (Lipinski definition) is 3. The maximum absolute atomic E-state index is 11.5. The predicted octanol–water partition coefficient (Wildman–Crippen LogP) is 2.08. The van der Waals surface area contributed by atoms with Crippen molar-refractivity contribution in [3.8, 4) is 5.75 Å². The molecule has 0 radical (unpaired) electrons. The molecule has 0 fully saturated rings. The van der Waals surface area contributed by atoms with Crippen molar-refractivity contribution >= 4 is 11.6 Å². The van der Waals surface area contributed by atoms with Gasteiger partial charge in [-0.2, -0.15) is 0 Å². The number of hydrogen-bond acceptors (Lipinski definition) is 4. The normalized spacial score (nSPS) is 10.1. The first-order valence-electron chi connectivity index (χ1n) is 6.91. The molecule has 1 aromatic carbocycles. The zero-order valence-corrected chi connectivity index (χ0v) is 12.0. The highest BCUT2D eigenvalue weighted by Gasteiger charge is 2.02. The number of benzene rings is 1. The zero-order valence-electron chi connectivity index (χ0n) is 12.0. The third-order valence-corrected chi connectivity index (χ3v) is 2.98. The van der Waals surface area contributed by atoms with Gasteiger partial charge in [-0.25, -0.2) is 0 Å². The first-order chi connectivity index (χ1) is 10.2. The van der Waals surface area contributed by atoms with Gasteiger partial charge in [0.15, 0.2) is 0 Å². The van der Waals surface area contributed by atoms with E-state index >= 15 is 0 Å². The van der Waals surface area contributed by atoms with Gasteiger partial charge in [-0.1, -0.05) is 12.1 Å². The minimum atomic E-state index is 0.0338. The number of amides is 1. The van der Waals surface area contributed by atoms with Gasteiger partial charge in [0.05, 0.1) is 24.9 Å². The van der Waals surface area contributed by atoms with Gasteiger partial charge in [0.1, 0.15) is 5.75 Å². The molecule has 0 aliphatic heterocycles. The van der Waals surface area contributed by atoms with Crippen LogP contribution in [0.3, 0.4) is 0 Å². The lowest BCUT2D eigenvalue weighted by Crippen LogP contribution is -2.24. The van der Waals surface area contributed by atoms with Crippen LogP contribution < -0.4 is 10.6 Å². The topological polar surface area (TPSA) is 74.2 Å². The second kappa shape index (κ2) is 7.28. The standard InChI is InChI=1S/C16H19N3O2/c1-2-17-16(21)9-12-3-5-13(6-4-12)18-10-14-7-8-15(20)11-19-14/h3-8,11,18,20H,2,9-10H2,1H3,(H,17,21). The van der Waals surface area contributed by atoms with E-state index in [1.807, 2.05) is 31.2 Å². The summed E-state index contributed by atoms with van der Waals surface area (Å²) in [6.45, 7) is 3.14. The van der Waals surface area contributed by atoms with E-state index in [9.17, 15) is 4.79 Å². The molecular weight excluding hydrogens is 266 g/mol. The molecule has 2 rings (SSSR count). The van der Waals surface area contributed by atoms with Crippen LogP contribution in [-0.4, -0.2) is 22.5 Å². The first kappa shape index (κ1) is 14.8. The zero-order chi connectivity index (χ0) is 15.1. The van der Waals surface area contributed by atoms with Gasteiger partial charge in [-0.05, 0) is 36.8 Å². The number of carbonyl (C=O) groups excluding carboxylic acids is 1. The lowest BCUT2D eigenvalue weighted by molar-refractivity contribution is -0.120. The van der Waals surface area contributed by atoms with Gasteiger partial charge in [-0.3, -0.25) is 9.78 Å². The van der Waals surface area contributed by atoms with Crippen LogP contribution in [0.4, 0.5) is 5.69 Å². The number of anilines is 1. The Hall–Kier alpha value is -2.56. The highest BCUT2D eigenvalue weighted by molar-refractivity contribution is 5.78. The maximum Gasteiger partial charge on any atom is 0.224 e. The molecule has 110 valence electrons. The highest BCUT2D eigenvalue weighted by Crippen LogP contribution is 2.12. The quantitative estimate of drug-likeness (QED) is 0.759. The maximum atomic E-state index is 11.5. The monoisotopic (exact) mass is 285 g/mol. The van der Waals surface area contributed by atoms with Crippen molar-refractivity contribution in [2.24, 2.45) is 0 Å². The number of pyridine rings is 1. The van der Waals surface area contributed by atoms with Crippen LogP contribution >= 0.6 is 0 Å². The van der Waals surface area contributed by atoms with Crippen molar-refractivity contribution in [1.29, 1.82) is 0 Å². The van der Waals surface area contributed by atoms with E-state index in [0.29, 0.717) is 19.5 Å². The molecule has 2 aromatic rings. The Morgan fingerprint density at radius 2 is 1.95 bits per heavy atom. The smallest absolute Gasteiger partial charge is 0.224 e. The summed E-state index contributed by atoms with van der Waals surface area (Å²) < 4.78 is 0. The van der Waals surface area contributed by atoms with Crippen LogP contribution in [-0.2, 0) is 17.8 Å². The van der Waals surface area contributed by atoms with E-state index < -0.39 is 0 Å². The average Bonchev–Trinajstić information content (AvgIpc) is 2.48. The summed E-state index contributed by atoms with van der Waals surface area (Å²) >= 11 is 0. The van der Waals surface area contributed by atoms with Crippen molar-refractivity contribution in [2.45, 2.75) is 19.9 Å². The summed E-state index contributed by atoms with van der Waals surface area (Å²) in [7, 11) is 0. The van der Waals surface area contributed by atoms with Crippen LogP contribution in [0.2, 0.25) is 0 Å². The first-order valence-corrected chi connectivity index (χ1v) is 6.91. The molecular formula is C16H19N3O2. The lowest BCUT2D eigenvalue weighted by atomic mass is 10.1. The van der Waals surface area contributed by atoms with Gasteiger partial charge in [0, 0.05) is 12.2 Å². The van der Waals surface area contributed by atoms with E-state index in [0.717, 1.165) is 16.9 Å². The molecule has 5 nitrogen and oxygen atoms in total. The Bertz CT molecular complexity index is 579. The largest absolute Gasteiger partial charge is 0.506 e. The molecule has 0 aliphatic carbocycles. The SMILES string of the molecule is CCNC(=O)Cc1ccc(NCc2ccc(O)cn2)cc1. The Kier molecular flexibility index (Phi) is 5.15. The van der Waals surface area contributed by atoms with Crippen molar-refractivity contribution in [3.63, 3.8) is 0 Å². The van der Waals surface area contributed by atoms with Gasteiger partial charge in [-0.15, -0.1) is 0 Å². The van der Waals surface area contributed by atoms with Gasteiger partial charge >= 0.3 is 0 Å². The Labute approximate surface area is 124 Å². The molecule has 3 N–H and O–H groups in total. The third-order valence-electron chi connectivity index (χ3n) is 2.98. The number of rotatable bonds is 6. The van der Waals surface area contributed by atoms with E-state index in [1.165, 1.54) is 6.20 Å². The molecule has 0 unspecified atom stereocenters. The number of likely N-dealkylation sites (N-methyl/N-ethyl adjacent to an activating group) is 1. The van der Waals surface area contributed by atoms with Gasteiger partial charge in [0.25, 0.3) is 0 Å². The fourth-order valence-electron chi connectivity index (χ4n) is 1.90. The van der Waals surface area contributed by atoms with E-state index in [2.05, 4.69) is 15.6 Å². The predicted molar refractivity (Wildman–Crippen MR) is 82.1 cm³/mol. The molecule has 0 bridgehead atoms. The number of aromatic hydroxyl groups is 1. The molecule has 21 heavy (non-hydrogen) atoms. The van der Waals surface area contributed by atoms with E-state index in [4.69, 9.17) is 5.11 Å². The van der Waals surface area contributed by atoms with Gasteiger partial charge in [0.2, 0.25) is 5.91 Å². The van der Waals surface area contributed by atoms with Crippen LogP contribution in [0, 0.1) is 0 Å². The summed E-state index contributed by atoms with van der Waals surface area (Å²) in [4.78, 5) is 15.6. The molecule has 0 saturated carbocycles. The fraction of sp³-hybridized carbons (Fsp3) is 0.250. The Morgan fingerprint density at radius 3 is 2.57 bits per heavy atom. The number of aromatic nitrogens is 1. The third kappa shape index (κ3) is 4.80. The molecule has 0 saturated heterocycles. The molecule has 0 atom stereocenters. The second-order valence-electron chi connectivity index (χ2n) is 4.69. The summed E-state index contributed by atoms with van der Waals surface area (Å²) in [6.07, 6.45) is 1.82. The molecule has 1 aromatic heterocycles. The lowest BCUT2D eigenvalue weighted by Gasteiger charge is -2.07. The molecule has 0 spiro atoms. The summed E-state index contributed by atoms with van der Waals surface area (Å²) in [6, 6.07) is 11.1. The van der Waals surface area contributed by atoms with Gasteiger partial charge < -0.3 is 15.7 Å². The molecule has 1 heterocycles. The van der Waals surface area contributed by atoms with E-state index in [1.54, 1.807) is 12.1 Å².